The zero-order chi connectivity index (χ0) is 27.9. The topological polar surface area (TPSA) is 140 Å². The number of hydrogen-bond acceptors (Lipinski definition) is 8. The van der Waals surface area contributed by atoms with Crippen molar-refractivity contribution in [2.24, 2.45) is 5.92 Å². The lowest BCUT2D eigenvalue weighted by atomic mass is 9.70. The molecule has 2 atom stereocenters. The third kappa shape index (κ3) is 8.34. The first-order valence-corrected chi connectivity index (χ1v) is 12.2. The average Bonchev–Trinajstić information content (AvgIpc) is 2.82. The average molecular weight is 558 g/mol. The Kier molecular flexibility index (Phi) is 10.8. The summed E-state index contributed by atoms with van der Waals surface area (Å²) in [6.07, 6.45) is -0.735. The molecule has 0 saturated carbocycles. The zero-order valence-corrected chi connectivity index (χ0v) is 22.8. The normalized spacial score (nSPS) is 18.1. The zero-order valence-electron chi connectivity index (χ0n) is 21.3. The molecule has 202 valence electrons. The third-order valence-corrected chi connectivity index (χ3v) is 6.02. The lowest BCUT2D eigenvalue weighted by Crippen LogP contribution is -2.63. The molecule has 2 rings (SSSR count). The first-order valence-electron chi connectivity index (χ1n) is 11.5. The van der Waals surface area contributed by atoms with Crippen LogP contribution in [0.25, 0.3) is 0 Å². The number of carbonyl (C=O) groups is 5. The van der Waals surface area contributed by atoms with E-state index < -0.39 is 67.7 Å². The number of likely N-dealkylation sites (N-methyl/N-ethyl adjacent to an activating group) is 1. The Labute approximate surface area is 225 Å². The Bertz CT molecular complexity index is 1050. The van der Waals surface area contributed by atoms with E-state index in [9.17, 15) is 24.0 Å². The number of nitrogens with zero attached hydrogens (tertiary/aromatic N) is 1. The third-order valence-electron chi connectivity index (χ3n) is 5.46. The van der Waals surface area contributed by atoms with Crippen LogP contribution < -0.4 is 10.6 Å². The highest BCUT2D eigenvalue weighted by Gasteiger charge is 2.55. The molecule has 37 heavy (non-hydrogen) atoms. The summed E-state index contributed by atoms with van der Waals surface area (Å²) in [5.74, 6) is -4.26. The van der Waals surface area contributed by atoms with Crippen LogP contribution in [0.4, 0.5) is 0 Å². The number of halogens is 2. The maximum absolute atomic E-state index is 13.0. The summed E-state index contributed by atoms with van der Waals surface area (Å²) in [7, 11) is 2.70. The number of ether oxygens (including phenoxy) is 1. The number of esters is 1. The SMILES string of the molecule is COC(=O)C[C@@]1(C(=O)N(C)C)CC(=O)OB([C@H](CC(C)C)NC(=O)CNC(=O)c2cc(Cl)ccc2Cl)O1. The largest absolute Gasteiger partial charge is 0.552 e. The number of nitrogens with one attached hydrogen (secondary N) is 2. The summed E-state index contributed by atoms with van der Waals surface area (Å²) in [6, 6.07) is 4.36. The summed E-state index contributed by atoms with van der Waals surface area (Å²) in [6.45, 7) is 3.32. The van der Waals surface area contributed by atoms with Gasteiger partial charge in [-0.3, -0.25) is 24.0 Å². The van der Waals surface area contributed by atoms with Gasteiger partial charge in [0.1, 0.15) is 0 Å². The fraction of sp³-hybridized carbons (Fsp3) is 0.522. The van der Waals surface area contributed by atoms with Crippen molar-refractivity contribution in [3.8, 4) is 0 Å². The van der Waals surface area contributed by atoms with Crippen LogP contribution >= 0.6 is 23.2 Å². The first-order chi connectivity index (χ1) is 17.3. The second-order valence-electron chi connectivity index (χ2n) is 9.21. The van der Waals surface area contributed by atoms with E-state index in [1.165, 1.54) is 37.2 Å². The second-order valence-corrected chi connectivity index (χ2v) is 10.1. The fourth-order valence-electron chi connectivity index (χ4n) is 3.81. The number of benzene rings is 1. The van der Waals surface area contributed by atoms with Crippen LogP contribution in [0, 0.1) is 5.92 Å². The van der Waals surface area contributed by atoms with Gasteiger partial charge in [-0.05, 0) is 30.5 Å². The van der Waals surface area contributed by atoms with Gasteiger partial charge in [-0.15, -0.1) is 0 Å². The maximum Gasteiger partial charge on any atom is 0.552 e. The highest BCUT2D eigenvalue weighted by Crippen LogP contribution is 2.31. The Hall–Kier alpha value is -2.83. The number of methoxy groups -OCH3 is 1. The van der Waals surface area contributed by atoms with Gasteiger partial charge in [0.15, 0.2) is 5.60 Å². The van der Waals surface area contributed by atoms with Gasteiger partial charge in [0, 0.05) is 19.1 Å². The van der Waals surface area contributed by atoms with Crippen LogP contribution in [0.5, 0.6) is 0 Å². The van der Waals surface area contributed by atoms with Crippen LogP contribution in [-0.2, 0) is 33.2 Å². The van der Waals surface area contributed by atoms with Crippen molar-refractivity contribution in [2.45, 2.75) is 44.7 Å². The molecule has 1 fully saturated rings. The quantitative estimate of drug-likeness (QED) is 0.327. The van der Waals surface area contributed by atoms with E-state index in [1.54, 1.807) is 0 Å². The first kappa shape index (κ1) is 30.4. The van der Waals surface area contributed by atoms with Gasteiger partial charge in [-0.1, -0.05) is 37.0 Å². The van der Waals surface area contributed by atoms with Crippen LogP contribution in [0.3, 0.4) is 0 Å². The minimum Gasteiger partial charge on any atom is -0.508 e. The van der Waals surface area contributed by atoms with Gasteiger partial charge in [0.25, 0.3) is 17.8 Å². The minimum atomic E-state index is -1.87. The summed E-state index contributed by atoms with van der Waals surface area (Å²) < 4.78 is 16.0. The Morgan fingerprint density at radius 1 is 1.22 bits per heavy atom. The standard InChI is InChI=1S/C23H30BCl2N3O8/c1-13(2)8-17(28-18(30)12-27-21(33)15-9-14(25)6-7-16(15)26)24-36-20(32)11-23(37-24,10-19(31)35-5)22(34)29(3)4/h6-7,9,13,17H,8,10-12H2,1-5H3,(H,27,33)(H,28,30)/t17-,23-/m0/s1. The lowest BCUT2D eigenvalue weighted by molar-refractivity contribution is -0.170. The molecule has 1 aromatic rings. The van der Waals surface area contributed by atoms with E-state index in [4.69, 9.17) is 37.2 Å². The van der Waals surface area contributed by atoms with E-state index in [1.807, 2.05) is 13.8 Å². The molecule has 0 bridgehead atoms. The van der Waals surface area contributed by atoms with Crippen molar-refractivity contribution in [1.29, 1.82) is 0 Å². The van der Waals surface area contributed by atoms with E-state index in [2.05, 4.69) is 10.6 Å². The summed E-state index contributed by atoms with van der Waals surface area (Å²) in [5, 5.41) is 5.61. The minimum absolute atomic E-state index is 0.00828. The smallest absolute Gasteiger partial charge is 0.508 e. The van der Waals surface area contributed by atoms with Gasteiger partial charge in [-0.2, -0.15) is 0 Å². The highest BCUT2D eigenvalue weighted by atomic mass is 35.5. The molecule has 1 aliphatic heterocycles. The van der Waals surface area contributed by atoms with Crippen molar-refractivity contribution >= 4 is 60.0 Å². The highest BCUT2D eigenvalue weighted by molar-refractivity contribution is 6.50. The molecule has 1 aliphatic rings. The van der Waals surface area contributed by atoms with Crippen LogP contribution in [-0.4, -0.2) is 81.0 Å². The molecule has 1 heterocycles. The molecular formula is C23H30BCl2N3O8. The number of rotatable bonds is 10. The van der Waals surface area contributed by atoms with Crippen molar-refractivity contribution in [3.63, 3.8) is 0 Å². The maximum atomic E-state index is 13.0. The predicted molar refractivity (Wildman–Crippen MR) is 136 cm³/mol. The van der Waals surface area contributed by atoms with Crippen molar-refractivity contribution < 1.29 is 38.0 Å². The van der Waals surface area contributed by atoms with Gasteiger partial charge in [0.05, 0.1) is 43.0 Å². The molecule has 0 aromatic heterocycles. The summed E-state index contributed by atoms with van der Waals surface area (Å²) in [4.78, 5) is 64.1. The molecule has 0 aliphatic carbocycles. The predicted octanol–water partition coefficient (Wildman–Crippen LogP) is 1.64. The lowest BCUT2D eigenvalue weighted by Gasteiger charge is -2.40. The van der Waals surface area contributed by atoms with E-state index in [0.717, 1.165) is 7.11 Å². The molecule has 0 spiro atoms. The number of carbonyl (C=O) groups excluding carboxylic acids is 5. The monoisotopic (exact) mass is 557 g/mol. The van der Waals surface area contributed by atoms with Crippen LogP contribution in [0.2, 0.25) is 10.0 Å². The number of hydrogen-bond donors (Lipinski definition) is 2. The van der Waals surface area contributed by atoms with Crippen LogP contribution in [0.1, 0.15) is 43.5 Å². The van der Waals surface area contributed by atoms with E-state index in [-0.39, 0.29) is 16.5 Å². The fourth-order valence-corrected chi connectivity index (χ4v) is 4.18. The number of amides is 3. The van der Waals surface area contributed by atoms with Crippen molar-refractivity contribution in [3.05, 3.63) is 33.8 Å². The molecular weight excluding hydrogens is 528 g/mol. The van der Waals surface area contributed by atoms with Gasteiger partial charge in [-0.25, -0.2) is 0 Å². The summed E-state index contributed by atoms with van der Waals surface area (Å²) >= 11 is 12.0. The second kappa shape index (κ2) is 13.1. The molecule has 14 heteroatoms. The van der Waals surface area contributed by atoms with Crippen LogP contribution in [0.15, 0.2) is 18.2 Å². The molecule has 0 radical (unpaired) electrons. The van der Waals surface area contributed by atoms with E-state index in [0.29, 0.717) is 11.4 Å². The molecule has 11 nitrogen and oxygen atoms in total. The van der Waals surface area contributed by atoms with Crippen molar-refractivity contribution in [2.75, 3.05) is 27.7 Å². The van der Waals surface area contributed by atoms with Gasteiger partial charge >= 0.3 is 13.1 Å². The Balaban J connectivity index is 2.21. The molecule has 2 N–H and O–H groups in total. The van der Waals surface area contributed by atoms with Gasteiger partial charge < -0.3 is 29.6 Å². The van der Waals surface area contributed by atoms with Crippen molar-refractivity contribution in [1.82, 2.24) is 15.5 Å². The van der Waals surface area contributed by atoms with E-state index >= 15 is 0 Å². The van der Waals surface area contributed by atoms with Gasteiger partial charge in [0.2, 0.25) is 5.91 Å². The Morgan fingerprint density at radius 3 is 2.49 bits per heavy atom. The molecule has 1 aromatic carbocycles. The Morgan fingerprint density at radius 2 is 1.89 bits per heavy atom. The molecule has 1 saturated heterocycles. The molecule has 0 unspecified atom stereocenters. The summed E-state index contributed by atoms with van der Waals surface area (Å²) in [5.41, 5.74) is -1.77. The molecule has 3 amide bonds.